The van der Waals surface area contributed by atoms with E-state index in [4.69, 9.17) is 14.6 Å². The molecule has 1 aromatic rings. The van der Waals surface area contributed by atoms with Crippen molar-refractivity contribution < 1.29 is 19.4 Å². The Hall–Kier alpha value is -1.85. The lowest BCUT2D eigenvalue weighted by Gasteiger charge is -2.22. The van der Waals surface area contributed by atoms with Crippen molar-refractivity contribution in [3.8, 4) is 0 Å². The van der Waals surface area contributed by atoms with Crippen LogP contribution in [0, 0.1) is 0 Å². The van der Waals surface area contributed by atoms with E-state index in [1.165, 1.54) is 0 Å². The van der Waals surface area contributed by atoms with E-state index in [0.717, 1.165) is 11.1 Å². The first-order valence-electron chi connectivity index (χ1n) is 7.69. The summed E-state index contributed by atoms with van der Waals surface area (Å²) in [6.07, 6.45) is 1.27. The van der Waals surface area contributed by atoms with Crippen molar-refractivity contribution in [1.82, 2.24) is 5.32 Å². The van der Waals surface area contributed by atoms with Crippen LogP contribution < -0.4 is 5.32 Å². The maximum Gasteiger partial charge on any atom is 0.408 e. The molecule has 0 heterocycles. The molecule has 1 aromatic carbocycles. The molecule has 128 valence electrons. The fourth-order valence-corrected chi connectivity index (χ4v) is 1.86. The first-order valence-corrected chi connectivity index (χ1v) is 7.69. The number of carbonyl (C=O) groups is 1. The SMILES string of the molecule is C/C(=C\[C@H](COCc1ccccc1)NC(=O)OC(C)(C)C)CO. The van der Waals surface area contributed by atoms with E-state index in [0.29, 0.717) is 13.2 Å². The van der Waals surface area contributed by atoms with Crippen LogP contribution in [0.5, 0.6) is 0 Å². The second-order valence-corrected chi connectivity index (χ2v) is 6.42. The van der Waals surface area contributed by atoms with E-state index < -0.39 is 11.7 Å². The zero-order valence-electron chi connectivity index (χ0n) is 14.3. The van der Waals surface area contributed by atoms with E-state index in [9.17, 15) is 4.79 Å². The van der Waals surface area contributed by atoms with E-state index >= 15 is 0 Å². The van der Waals surface area contributed by atoms with Gasteiger partial charge in [0, 0.05) is 0 Å². The molecule has 1 rings (SSSR count). The second-order valence-electron chi connectivity index (χ2n) is 6.42. The molecular weight excluding hydrogens is 294 g/mol. The van der Waals surface area contributed by atoms with Crippen LogP contribution in [-0.2, 0) is 16.1 Å². The van der Waals surface area contributed by atoms with Crippen molar-refractivity contribution in [2.24, 2.45) is 0 Å². The number of aliphatic hydroxyl groups is 1. The molecule has 0 spiro atoms. The molecule has 0 saturated carbocycles. The van der Waals surface area contributed by atoms with Gasteiger partial charge in [-0.15, -0.1) is 0 Å². The lowest BCUT2D eigenvalue weighted by molar-refractivity contribution is 0.0458. The molecule has 0 radical (unpaired) electrons. The number of benzene rings is 1. The Morgan fingerprint density at radius 3 is 2.52 bits per heavy atom. The summed E-state index contributed by atoms with van der Waals surface area (Å²) in [4.78, 5) is 11.9. The largest absolute Gasteiger partial charge is 0.444 e. The highest BCUT2D eigenvalue weighted by Gasteiger charge is 2.18. The van der Waals surface area contributed by atoms with Gasteiger partial charge in [-0.2, -0.15) is 0 Å². The lowest BCUT2D eigenvalue weighted by Crippen LogP contribution is -2.40. The second kappa shape index (κ2) is 9.33. The molecule has 0 saturated heterocycles. The van der Waals surface area contributed by atoms with Gasteiger partial charge in [0.25, 0.3) is 0 Å². The molecule has 5 nitrogen and oxygen atoms in total. The van der Waals surface area contributed by atoms with Gasteiger partial charge in [0.1, 0.15) is 5.60 Å². The van der Waals surface area contributed by atoms with Crippen LogP contribution >= 0.6 is 0 Å². The summed E-state index contributed by atoms with van der Waals surface area (Å²) in [5, 5.41) is 11.9. The fourth-order valence-electron chi connectivity index (χ4n) is 1.86. The fraction of sp³-hybridized carbons (Fsp3) is 0.500. The number of amides is 1. The van der Waals surface area contributed by atoms with Crippen molar-refractivity contribution in [2.45, 2.75) is 45.9 Å². The van der Waals surface area contributed by atoms with Crippen molar-refractivity contribution >= 4 is 6.09 Å². The van der Waals surface area contributed by atoms with Crippen LogP contribution in [0.1, 0.15) is 33.3 Å². The molecule has 23 heavy (non-hydrogen) atoms. The van der Waals surface area contributed by atoms with Gasteiger partial charge < -0.3 is 19.9 Å². The van der Waals surface area contributed by atoms with Gasteiger partial charge in [0.05, 0.1) is 25.9 Å². The number of hydrogen-bond donors (Lipinski definition) is 2. The molecule has 0 unspecified atom stereocenters. The third kappa shape index (κ3) is 9.01. The molecule has 0 aromatic heterocycles. The Morgan fingerprint density at radius 1 is 1.30 bits per heavy atom. The third-order valence-electron chi connectivity index (χ3n) is 2.85. The Labute approximate surface area is 138 Å². The van der Waals surface area contributed by atoms with E-state index in [2.05, 4.69) is 5.32 Å². The minimum atomic E-state index is -0.560. The molecule has 0 aliphatic rings. The Balaban J connectivity index is 2.57. The maximum absolute atomic E-state index is 11.9. The van der Waals surface area contributed by atoms with Gasteiger partial charge in [-0.3, -0.25) is 0 Å². The molecule has 1 atom stereocenters. The van der Waals surface area contributed by atoms with Gasteiger partial charge in [0.15, 0.2) is 0 Å². The standard InChI is InChI=1S/C18H27NO4/c1-14(11-20)10-16(19-17(21)23-18(2,3)4)13-22-12-15-8-6-5-7-9-15/h5-10,16,20H,11-13H2,1-4H3,(H,19,21)/b14-10+/t16-/m1/s1. The minimum absolute atomic E-state index is 0.0643. The molecule has 0 aliphatic heterocycles. The van der Waals surface area contributed by atoms with Crippen LogP contribution in [-0.4, -0.2) is 36.1 Å². The highest BCUT2D eigenvalue weighted by atomic mass is 16.6. The molecule has 2 N–H and O–H groups in total. The van der Waals surface area contributed by atoms with Crippen molar-refractivity contribution in [3.63, 3.8) is 0 Å². The van der Waals surface area contributed by atoms with E-state index in [1.54, 1.807) is 13.0 Å². The van der Waals surface area contributed by atoms with Crippen molar-refractivity contribution in [2.75, 3.05) is 13.2 Å². The molecule has 5 heteroatoms. The summed E-state index contributed by atoms with van der Waals surface area (Å²) in [7, 11) is 0. The number of nitrogens with one attached hydrogen (secondary N) is 1. The monoisotopic (exact) mass is 321 g/mol. The smallest absolute Gasteiger partial charge is 0.408 e. The predicted octanol–water partition coefficient (Wildman–Crippen LogP) is 3.04. The first-order chi connectivity index (χ1) is 10.8. The average molecular weight is 321 g/mol. The normalized spacial score (nSPS) is 13.5. The maximum atomic E-state index is 11.9. The summed E-state index contributed by atoms with van der Waals surface area (Å²) in [6.45, 7) is 7.91. The Bertz CT molecular complexity index is 506. The van der Waals surface area contributed by atoms with Crippen LogP contribution in [0.15, 0.2) is 42.0 Å². The first kappa shape index (κ1) is 19.2. The summed E-state index contributed by atoms with van der Waals surface area (Å²) < 4.78 is 10.9. The Morgan fingerprint density at radius 2 is 1.96 bits per heavy atom. The summed E-state index contributed by atoms with van der Waals surface area (Å²) in [6, 6.07) is 9.44. The van der Waals surface area contributed by atoms with Gasteiger partial charge in [0.2, 0.25) is 0 Å². The lowest BCUT2D eigenvalue weighted by atomic mass is 10.2. The average Bonchev–Trinajstić information content (AvgIpc) is 2.46. The van der Waals surface area contributed by atoms with Crippen LogP contribution in [0.2, 0.25) is 0 Å². The molecule has 0 bridgehead atoms. The van der Waals surface area contributed by atoms with Crippen molar-refractivity contribution in [3.05, 3.63) is 47.5 Å². The number of hydrogen-bond acceptors (Lipinski definition) is 4. The minimum Gasteiger partial charge on any atom is -0.444 e. The topological polar surface area (TPSA) is 67.8 Å². The predicted molar refractivity (Wildman–Crippen MR) is 90.1 cm³/mol. The van der Waals surface area contributed by atoms with E-state index in [-0.39, 0.29) is 12.6 Å². The number of aliphatic hydroxyl groups excluding tert-OH is 1. The van der Waals surface area contributed by atoms with Crippen LogP contribution in [0.4, 0.5) is 4.79 Å². The number of ether oxygens (including phenoxy) is 2. The summed E-state index contributed by atoms with van der Waals surface area (Å²) in [5.41, 5.74) is 1.26. The number of rotatable bonds is 7. The van der Waals surface area contributed by atoms with Gasteiger partial charge >= 0.3 is 6.09 Å². The van der Waals surface area contributed by atoms with Crippen LogP contribution in [0.25, 0.3) is 0 Å². The highest BCUT2D eigenvalue weighted by Crippen LogP contribution is 2.08. The molecular formula is C18H27NO4. The van der Waals surface area contributed by atoms with Gasteiger partial charge in [-0.05, 0) is 38.8 Å². The quantitative estimate of drug-likeness (QED) is 0.758. The van der Waals surface area contributed by atoms with Gasteiger partial charge in [-0.25, -0.2) is 4.79 Å². The van der Waals surface area contributed by atoms with E-state index in [1.807, 2.05) is 51.1 Å². The summed E-state index contributed by atoms with van der Waals surface area (Å²) in [5.74, 6) is 0. The summed E-state index contributed by atoms with van der Waals surface area (Å²) >= 11 is 0. The molecule has 1 amide bonds. The molecule has 0 fully saturated rings. The zero-order valence-corrected chi connectivity index (χ0v) is 14.3. The highest BCUT2D eigenvalue weighted by molar-refractivity contribution is 5.68. The molecule has 0 aliphatic carbocycles. The van der Waals surface area contributed by atoms with Crippen molar-refractivity contribution in [1.29, 1.82) is 0 Å². The Kier molecular flexibility index (Phi) is 7.78. The number of carbonyl (C=O) groups excluding carboxylic acids is 1. The van der Waals surface area contributed by atoms with Gasteiger partial charge in [-0.1, -0.05) is 36.4 Å². The number of alkyl carbamates (subject to hydrolysis) is 1. The third-order valence-corrected chi connectivity index (χ3v) is 2.85. The zero-order chi connectivity index (χ0) is 17.3. The van der Waals surface area contributed by atoms with Crippen LogP contribution in [0.3, 0.4) is 0 Å².